The Morgan fingerprint density at radius 3 is 2.56 bits per heavy atom. The summed E-state index contributed by atoms with van der Waals surface area (Å²) in [5.74, 6) is -0.849. The van der Waals surface area contributed by atoms with Gasteiger partial charge in [-0.05, 0) is 37.8 Å². The molecule has 27 heavy (non-hydrogen) atoms. The summed E-state index contributed by atoms with van der Waals surface area (Å²) in [7, 11) is 0. The lowest BCUT2D eigenvalue weighted by Gasteiger charge is -2.29. The number of benzene rings is 1. The van der Waals surface area contributed by atoms with Gasteiger partial charge in [0.05, 0.1) is 13.1 Å². The first-order valence-electron chi connectivity index (χ1n) is 9.91. The maximum atomic E-state index is 12.8. The van der Waals surface area contributed by atoms with Crippen molar-refractivity contribution in [2.45, 2.75) is 46.2 Å². The SMILES string of the molecule is CC[C@@H](C)N(CC(=O)O)CC(=O)N1CCCN(Cc2ccccc2C)CC1. The minimum atomic E-state index is -0.886. The fourth-order valence-electron chi connectivity index (χ4n) is 3.48. The largest absolute Gasteiger partial charge is 0.480 e. The van der Waals surface area contributed by atoms with E-state index in [1.54, 1.807) is 4.90 Å². The van der Waals surface area contributed by atoms with Gasteiger partial charge in [0, 0.05) is 38.8 Å². The van der Waals surface area contributed by atoms with E-state index in [9.17, 15) is 9.59 Å². The number of amides is 1. The van der Waals surface area contributed by atoms with Crippen LogP contribution in [0.15, 0.2) is 24.3 Å². The highest BCUT2D eigenvalue weighted by Gasteiger charge is 2.24. The number of carboxylic acids is 1. The maximum Gasteiger partial charge on any atom is 0.317 e. The standard InChI is InChI=1S/C21H33N3O3/c1-4-18(3)24(16-21(26)27)15-20(25)23-11-7-10-22(12-13-23)14-19-9-6-5-8-17(19)2/h5-6,8-9,18H,4,7,10-16H2,1-3H3,(H,26,27)/t18-/m1/s1. The van der Waals surface area contributed by atoms with Crippen molar-refractivity contribution in [1.82, 2.24) is 14.7 Å². The van der Waals surface area contributed by atoms with Crippen LogP contribution < -0.4 is 0 Å². The molecule has 0 aromatic heterocycles. The molecule has 0 bridgehead atoms. The van der Waals surface area contributed by atoms with Crippen LogP contribution in [0.1, 0.15) is 37.8 Å². The zero-order chi connectivity index (χ0) is 19.8. The third-order valence-corrected chi connectivity index (χ3v) is 5.49. The van der Waals surface area contributed by atoms with E-state index in [1.807, 2.05) is 18.7 Å². The molecule has 1 amide bonds. The number of aliphatic carboxylic acids is 1. The molecule has 0 saturated carbocycles. The first kappa shape index (κ1) is 21.4. The Morgan fingerprint density at radius 1 is 1.15 bits per heavy atom. The quantitative estimate of drug-likeness (QED) is 0.755. The van der Waals surface area contributed by atoms with Gasteiger partial charge in [0.2, 0.25) is 5.91 Å². The minimum Gasteiger partial charge on any atom is -0.480 e. The number of hydrogen-bond acceptors (Lipinski definition) is 4. The van der Waals surface area contributed by atoms with Crippen LogP contribution in [-0.2, 0) is 16.1 Å². The predicted octanol–water partition coefficient (Wildman–Crippen LogP) is 2.21. The van der Waals surface area contributed by atoms with Gasteiger partial charge in [0.1, 0.15) is 0 Å². The Bertz CT molecular complexity index is 635. The molecule has 2 rings (SSSR count). The van der Waals surface area contributed by atoms with Crippen LogP contribution in [-0.4, -0.2) is 77.0 Å². The van der Waals surface area contributed by atoms with E-state index in [-0.39, 0.29) is 25.0 Å². The Hall–Kier alpha value is -1.92. The van der Waals surface area contributed by atoms with Gasteiger partial charge >= 0.3 is 5.97 Å². The molecule has 150 valence electrons. The summed E-state index contributed by atoms with van der Waals surface area (Å²) in [4.78, 5) is 29.9. The highest BCUT2D eigenvalue weighted by molar-refractivity contribution is 5.79. The number of nitrogens with zero attached hydrogens (tertiary/aromatic N) is 3. The molecule has 6 heteroatoms. The first-order chi connectivity index (χ1) is 12.9. The number of carboxylic acid groups (broad SMARTS) is 1. The highest BCUT2D eigenvalue weighted by Crippen LogP contribution is 2.13. The van der Waals surface area contributed by atoms with Crippen molar-refractivity contribution in [2.24, 2.45) is 0 Å². The van der Waals surface area contributed by atoms with Crippen molar-refractivity contribution in [1.29, 1.82) is 0 Å². The lowest BCUT2D eigenvalue weighted by molar-refractivity contribution is -0.140. The van der Waals surface area contributed by atoms with Crippen LogP contribution in [0.5, 0.6) is 0 Å². The van der Waals surface area contributed by atoms with E-state index >= 15 is 0 Å². The molecular weight excluding hydrogens is 342 g/mol. The molecule has 1 aromatic rings. The number of carbonyl (C=O) groups is 2. The van der Waals surface area contributed by atoms with Crippen LogP contribution in [0.2, 0.25) is 0 Å². The lowest BCUT2D eigenvalue weighted by Crippen LogP contribution is -2.46. The molecule has 1 aliphatic heterocycles. The summed E-state index contributed by atoms with van der Waals surface area (Å²) >= 11 is 0. The van der Waals surface area contributed by atoms with Gasteiger partial charge in [-0.1, -0.05) is 31.2 Å². The van der Waals surface area contributed by atoms with E-state index in [4.69, 9.17) is 5.11 Å². The smallest absolute Gasteiger partial charge is 0.317 e. The molecule has 1 heterocycles. The highest BCUT2D eigenvalue weighted by atomic mass is 16.4. The minimum absolute atomic E-state index is 0.0364. The van der Waals surface area contributed by atoms with Crippen LogP contribution >= 0.6 is 0 Å². The van der Waals surface area contributed by atoms with Gasteiger partial charge in [-0.3, -0.25) is 19.4 Å². The van der Waals surface area contributed by atoms with Crippen molar-refractivity contribution >= 4 is 11.9 Å². The van der Waals surface area contributed by atoms with E-state index < -0.39 is 5.97 Å². The fraction of sp³-hybridized carbons (Fsp3) is 0.619. The fourth-order valence-corrected chi connectivity index (χ4v) is 3.48. The molecule has 1 aliphatic rings. The summed E-state index contributed by atoms with van der Waals surface area (Å²) in [6, 6.07) is 8.51. The van der Waals surface area contributed by atoms with Gasteiger partial charge in [-0.2, -0.15) is 0 Å². The van der Waals surface area contributed by atoms with Crippen LogP contribution in [0, 0.1) is 6.92 Å². The molecule has 1 atom stereocenters. The molecule has 1 saturated heterocycles. The second-order valence-electron chi connectivity index (χ2n) is 7.49. The molecule has 0 aliphatic carbocycles. The van der Waals surface area contributed by atoms with E-state index in [0.717, 1.165) is 39.0 Å². The lowest BCUT2D eigenvalue weighted by atomic mass is 10.1. The van der Waals surface area contributed by atoms with Crippen molar-refractivity contribution in [3.8, 4) is 0 Å². The molecular formula is C21H33N3O3. The van der Waals surface area contributed by atoms with E-state index in [2.05, 4.69) is 36.1 Å². The van der Waals surface area contributed by atoms with Crippen LogP contribution in [0.3, 0.4) is 0 Å². The van der Waals surface area contributed by atoms with E-state index in [1.165, 1.54) is 11.1 Å². The van der Waals surface area contributed by atoms with Gasteiger partial charge in [-0.15, -0.1) is 0 Å². The van der Waals surface area contributed by atoms with Gasteiger partial charge in [0.15, 0.2) is 0 Å². The Kier molecular flexibility index (Phi) is 8.25. The second kappa shape index (κ2) is 10.4. The number of rotatable bonds is 8. The molecule has 1 N–H and O–H groups in total. The van der Waals surface area contributed by atoms with Gasteiger partial charge in [0.25, 0.3) is 0 Å². The van der Waals surface area contributed by atoms with Crippen molar-refractivity contribution in [3.63, 3.8) is 0 Å². The molecule has 1 aromatic carbocycles. The Morgan fingerprint density at radius 2 is 1.89 bits per heavy atom. The summed E-state index contributed by atoms with van der Waals surface area (Å²) in [6.07, 6.45) is 1.77. The summed E-state index contributed by atoms with van der Waals surface area (Å²) in [5.41, 5.74) is 2.63. The number of aryl methyl sites for hydroxylation is 1. The summed E-state index contributed by atoms with van der Waals surface area (Å²) < 4.78 is 0. The summed E-state index contributed by atoms with van der Waals surface area (Å²) in [5, 5.41) is 9.12. The average Bonchev–Trinajstić information content (AvgIpc) is 2.87. The Labute approximate surface area is 162 Å². The summed E-state index contributed by atoms with van der Waals surface area (Å²) in [6.45, 7) is 10.4. The molecule has 1 fully saturated rings. The van der Waals surface area contributed by atoms with Crippen molar-refractivity contribution < 1.29 is 14.7 Å². The zero-order valence-electron chi connectivity index (χ0n) is 16.9. The zero-order valence-corrected chi connectivity index (χ0v) is 16.9. The van der Waals surface area contributed by atoms with E-state index in [0.29, 0.717) is 6.54 Å². The maximum absolute atomic E-state index is 12.8. The number of carbonyl (C=O) groups excluding carboxylic acids is 1. The van der Waals surface area contributed by atoms with Crippen molar-refractivity contribution in [3.05, 3.63) is 35.4 Å². The Balaban J connectivity index is 1.91. The third kappa shape index (κ3) is 6.63. The topological polar surface area (TPSA) is 64.1 Å². The van der Waals surface area contributed by atoms with Crippen molar-refractivity contribution in [2.75, 3.05) is 39.3 Å². The third-order valence-electron chi connectivity index (χ3n) is 5.49. The average molecular weight is 376 g/mol. The van der Waals surface area contributed by atoms with Gasteiger partial charge in [-0.25, -0.2) is 0 Å². The normalized spacial score (nSPS) is 17.0. The molecule has 0 unspecified atom stereocenters. The van der Waals surface area contributed by atoms with Crippen LogP contribution in [0.25, 0.3) is 0 Å². The molecule has 0 radical (unpaired) electrons. The first-order valence-corrected chi connectivity index (χ1v) is 9.91. The molecule has 0 spiro atoms. The predicted molar refractivity (Wildman–Crippen MR) is 107 cm³/mol. The van der Waals surface area contributed by atoms with Crippen LogP contribution in [0.4, 0.5) is 0 Å². The number of hydrogen-bond donors (Lipinski definition) is 1. The second-order valence-corrected chi connectivity index (χ2v) is 7.49. The monoisotopic (exact) mass is 375 g/mol. The molecule has 6 nitrogen and oxygen atoms in total. The van der Waals surface area contributed by atoms with Gasteiger partial charge < -0.3 is 10.0 Å².